The molecule has 0 aromatic heterocycles. The Balaban J connectivity index is 0. The van der Waals surface area contributed by atoms with Gasteiger partial charge in [0.2, 0.25) is 0 Å². The first-order valence-corrected chi connectivity index (χ1v) is 2.35. The van der Waals surface area contributed by atoms with Crippen LogP contribution in [0.3, 0.4) is 0 Å². The first-order valence-electron chi connectivity index (χ1n) is 0.783. The first kappa shape index (κ1) is 11.0. The van der Waals surface area contributed by atoms with E-state index < -0.39 is 7.82 Å². The second-order valence-corrected chi connectivity index (χ2v) is 1.54. The third kappa shape index (κ3) is 35.1. The molecule has 0 bridgehead atoms. The fraction of sp³-hybridized carbons (Fsp3) is 0. The Bertz CT molecular complexity index is 53.7. The third-order valence-electron chi connectivity index (χ3n) is 0. The average molecular weight is 232 g/mol. The van der Waals surface area contributed by atoms with Crippen LogP contribution in [-0.4, -0.2) is 83.6 Å². The molecule has 0 saturated carbocycles. The zero-order valence-electron chi connectivity index (χ0n) is 2.20. The molecule has 0 radical (unpaired) electrons. The van der Waals surface area contributed by atoms with Crippen molar-refractivity contribution in [2.75, 3.05) is 0 Å². The van der Waals surface area contributed by atoms with Gasteiger partial charge in [-0.1, -0.05) is 0 Å². The molecule has 0 rings (SSSR count). The van der Waals surface area contributed by atoms with Crippen LogP contribution in [0.5, 0.6) is 0 Å². The molecule has 6 heteroatoms. The van der Waals surface area contributed by atoms with Gasteiger partial charge in [0.15, 0.2) is 0 Å². The zero-order valence-corrected chi connectivity index (χ0v) is 3.09. The van der Waals surface area contributed by atoms with Gasteiger partial charge in [-0.15, -0.1) is 0 Å². The number of rotatable bonds is 0. The van der Waals surface area contributed by atoms with Crippen molar-refractivity contribution in [1.29, 1.82) is 0 Å². The van der Waals surface area contributed by atoms with Crippen molar-refractivity contribution in [1.82, 2.24) is 0 Å². The van der Waals surface area contributed by atoms with Crippen LogP contribution < -0.4 is 0 Å². The van der Waals surface area contributed by atoms with Crippen LogP contribution in [0.2, 0.25) is 0 Å². The van der Waals surface area contributed by atoms with Crippen molar-refractivity contribution >= 4 is 76.7 Å². The van der Waals surface area contributed by atoms with Crippen molar-refractivity contribution in [3.05, 3.63) is 0 Å². The van der Waals surface area contributed by atoms with E-state index in [2.05, 4.69) is 0 Å². The Morgan fingerprint density at radius 1 is 1.17 bits per heavy atom. The van der Waals surface area contributed by atoms with E-state index in [1.54, 1.807) is 0 Å². The fourth-order valence-electron chi connectivity index (χ4n) is 0. The van der Waals surface area contributed by atoms with E-state index in [4.69, 9.17) is 19.2 Å². The van der Waals surface area contributed by atoms with E-state index in [1.165, 1.54) is 0 Å². The summed E-state index contributed by atoms with van der Waals surface area (Å²) < 4.78 is 8.88. The van der Waals surface area contributed by atoms with Crippen LogP contribution in [0.1, 0.15) is 0 Å². The average Bonchev–Trinajstić information content (AvgIpc) is 0.722. The molecule has 0 aromatic carbocycles. The maximum atomic E-state index is 8.88. The summed E-state index contributed by atoms with van der Waals surface area (Å²) in [4.78, 5) is 21.6. The monoisotopic (exact) mass is 232 g/mol. The van der Waals surface area contributed by atoms with Crippen LogP contribution in [0, 0.1) is 0 Å². The van der Waals surface area contributed by atoms with E-state index in [0.29, 0.717) is 0 Å². The van der Waals surface area contributed by atoms with Crippen LogP contribution >= 0.6 is 7.82 Å². The van der Waals surface area contributed by atoms with E-state index in [-0.39, 0.29) is 68.9 Å². The molecule has 34 valence electrons. The summed E-state index contributed by atoms with van der Waals surface area (Å²) in [5.74, 6) is 0. The minimum atomic E-state index is -4.64. The molecule has 0 atom stereocenters. The van der Waals surface area contributed by atoms with Gasteiger partial charge in [-0.25, -0.2) is 4.57 Å². The predicted octanol–water partition coefficient (Wildman–Crippen LogP) is -1.58. The quantitative estimate of drug-likeness (QED) is 0.440. The Kier molecular flexibility index (Phi) is 7.50. The normalized spacial score (nSPS) is 9.83. The van der Waals surface area contributed by atoms with Gasteiger partial charge < -0.3 is 14.7 Å². The van der Waals surface area contributed by atoms with Gasteiger partial charge in [-0.2, -0.15) is 0 Å². The maximum absolute atomic E-state index is 8.88. The summed E-state index contributed by atoms with van der Waals surface area (Å²) in [6.07, 6.45) is 0. The summed E-state index contributed by atoms with van der Waals surface area (Å²) in [5.41, 5.74) is 0. The first-order chi connectivity index (χ1) is 2.00. The Labute approximate surface area is 93.6 Å². The van der Waals surface area contributed by atoms with E-state index in [9.17, 15) is 0 Å². The van der Waals surface area contributed by atoms with Crippen molar-refractivity contribution in [2.45, 2.75) is 0 Å². The standard InChI is InChI=1S/Cs.H3O4P.H/c;1-5(2,3)4;/h;(H3,1,2,3,4);. The summed E-state index contributed by atoms with van der Waals surface area (Å²) >= 11 is 0. The molecule has 0 amide bonds. The second-order valence-electron chi connectivity index (χ2n) is 0.513. The molecule has 0 aliphatic rings. The molecule has 4 nitrogen and oxygen atoms in total. The molecule has 0 aliphatic carbocycles. The topological polar surface area (TPSA) is 77.8 Å². The minimum absolute atomic E-state index is 0. The Morgan fingerprint density at radius 3 is 1.17 bits per heavy atom. The molecule has 3 N–H and O–H groups in total. The van der Waals surface area contributed by atoms with Gasteiger partial charge in [0.25, 0.3) is 0 Å². The Morgan fingerprint density at radius 2 is 1.17 bits per heavy atom. The molecule has 0 spiro atoms. The van der Waals surface area contributed by atoms with Gasteiger partial charge in [-0.3, -0.25) is 0 Å². The zero-order chi connectivity index (χ0) is 4.50. The van der Waals surface area contributed by atoms with E-state index in [0.717, 1.165) is 0 Å². The molecule has 0 aliphatic heterocycles. The van der Waals surface area contributed by atoms with E-state index in [1.807, 2.05) is 0 Å². The third-order valence-corrected chi connectivity index (χ3v) is 0. The molecule has 0 unspecified atom stereocenters. The van der Waals surface area contributed by atoms with Crippen molar-refractivity contribution in [3.63, 3.8) is 0 Å². The van der Waals surface area contributed by atoms with Gasteiger partial charge in [0.1, 0.15) is 0 Å². The molecule has 0 saturated heterocycles. The second kappa shape index (κ2) is 4.08. The fourth-order valence-corrected chi connectivity index (χ4v) is 0. The Hall–Kier alpha value is 2.16. The predicted molar refractivity (Wildman–Crippen MR) is 21.4 cm³/mol. The van der Waals surface area contributed by atoms with Crippen molar-refractivity contribution in [2.24, 2.45) is 0 Å². The molecule has 0 fully saturated rings. The molecular formula is H4CsO4P. The summed E-state index contributed by atoms with van der Waals surface area (Å²) in [6.45, 7) is 0. The van der Waals surface area contributed by atoms with Crippen LogP contribution in [-0.2, 0) is 4.57 Å². The van der Waals surface area contributed by atoms with Crippen LogP contribution in [0.4, 0.5) is 0 Å². The van der Waals surface area contributed by atoms with Gasteiger partial charge >= 0.3 is 76.7 Å². The molecule has 0 heterocycles. The van der Waals surface area contributed by atoms with Gasteiger partial charge in [0, 0.05) is 0 Å². The van der Waals surface area contributed by atoms with Crippen LogP contribution in [0.15, 0.2) is 0 Å². The molecule has 6 heavy (non-hydrogen) atoms. The summed E-state index contributed by atoms with van der Waals surface area (Å²) in [6, 6.07) is 0. The number of hydrogen-bond acceptors (Lipinski definition) is 1. The molecule has 0 aromatic rings. The number of phosphoric acid groups is 1. The number of hydrogen-bond donors (Lipinski definition) is 3. The summed E-state index contributed by atoms with van der Waals surface area (Å²) in [5, 5.41) is 0. The SMILES string of the molecule is O=P(O)(O)O.[CsH]. The van der Waals surface area contributed by atoms with Gasteiger partial charge in [-0.05, 0) is 0 Å². The van der Waals surface area contributed by atoms with Crippen molar-refractivity contribution < 1.29 is 19.2 Å². The summed E-state index contributed by atoms with van der Waals surface area (Å²) in [7, 11) is -4.64. The van der Waals surface area contributed by atoms with Gasteiger partial charge in [0.05, 0.1) is 0 Å². The van der Waals surface area contributed by atoms with Crippen molar-refractivity contribution in [3.8, 4) is 0 Å². The van der Waals surface area contributed by atoms with Crippen LogP contribution in [0.25, 0.3) is 0 Å². The molecular weight excluding hydrogens is 228 g/mol. The van der Waals surface area contributed by atoms with E-state index >= 15 is 0 Å².